The van der Waals surface area contributed by atoms with E-state index in [9.17, 15) is 0 Å². The summed E-state index contributed by atoms with van der Waals surface area (Å²) in [7, 11) is 0. The molecule has 5 heteroatoms. The van der Waals surface area contributed by atoms with Gasteiger partial charge in [0.05, 0.1) is 12.6 Å². The Morgan fingerprint density at radius 2 is 2.27 bits per heavy atom. The number of aliphatic hydroxyl groups excluding tert-OH is 1. The summed E-state index contributed by atoms with van der Waals surface area (Å²) < 4.78 is 0. The first-order chi connectivity index (χ1) is 7.11. The molecule has 1 aromatic rings. The molecular weight excluding hydrogens is 214 g/mol. The van der Waals surface area contributed by atoms with Gasteiger partial charge in [0.15, 0.2) is 0 Å². The molecule has 2 N–H and O–H groups in total. The van der Waals surface area contributed by atoms with E-state index in [2.05, 4.69) is 29.1 Å². The molecule has 1 heterocycles. The molecule has 0 bridgehead atoms. The van der Waals surface area contributed by atoms with Gasteiger partial charge in [0, 0.05) is 6.20 Å². The third-order valence-electron chi connectivity index (χ3n) is 1.95. The molecule has 0 aromatic carbocycles. The molecule has 0 amide bonds. The van der Waals surface area contributed by atoms with Crippen molar-refractivity contribution in [1.82, 2.24) is 9.97 Å². The van der Waals surface area contributed by atoms with E-state index in [-0.39, 0.29) is 17.9 Å². The van der Waals surface area contributed by atoms with Crippen LogP contribution in [0.25, 0.3) is 0 Å². The first kappa shape index (κ1) is 12.2. The predicted molar refractivity (Wildman–Crippen MR) is 61.0 cm³/mol. The zero-order valence-electron chi connectivity index (χ0n) is 8.94. The summed E-state index contributed by atoms with van der Waals surface area (Å²) in [6.07, 6.45) is 2.47. The highest BCUT2D eigenvalue weighted by Crippen LogP contribution is 2.11. The Morgan fingerprint density at radius 3 is 2.80 bits per heavy atom. The Hall–Kier alpha value is -0.870. The zero-order valence-corrected chi connectivity index (χ0v) is 9.70. The van der Waals surface area contributed by atoms with E-state index >= 15 is 0 Å². The first-order valence-electron chi connectivity index (χ1n) is 4.97. The van der Waals surface area contributed by atoms with Crippen LogP contribution in [0.2, 0.25) is 5.28 Å². The summed E-state index contributed by atoms with van der Waals surface area (Å²) in [5.41, 5.74) is 0. The van der Waals surface area contributed by atoms with Crippen LogP contribution in [0.15, 0.2) is 12.3 Å². The van der Waals surface area contributed by atoms with Crippen molar-refractivity contribution in [3.05, 3.63) is 17.5 Å². The number of nitrogens with one attached hydrogen (secondary N) is 1. The summed E-state index contributed by atoms with van der Waals surface area (Å²) >= 11 is 5.65. The van der Waals surface area contributed by atoms with E-state index in [0.717, 1.165) is 6.42 Å². The summed E-state index contributed by atoms with van der Waals surface area (Å²) in [4.78, 5) is 7.79. The quantitative estimate of drug-likeness (QED) is 0.758. The van der Waals surface area contributed by atoms with Gasteiger partial charge in [0.1, 0.15) is 5.82 Å². The number of anilines is 1. The molecule has 84 valence electrons. The molecule has 0 radical (unpaired) electrons. The van der Waals surface area contributed by atoms with Gasteiger partial charge >= 0.3 is 0 Å². The normalized spacial score (nSPS) is 12.9. The summed E-state index contributed by atoms with van der Waals surface area (Å²) in [6.45, 7) is 4.30. The van der Waals surface area contributed by atoms with E-state index in [4.69, 9.17) is 16.7 Å². The average Bonchev–Trinajstić information content (AvgIpc) is 2.16. The maximum Gasteiger partial charge on any atom is 0.224 e. The van der Waals surface area contributed by atoms with Crippen LogP contribution in [0.1, 0.15) is 20.3 Å². The van der Waals surface area contributed by atoms with Crippen molar-refractivity contribution in [1.29, 1.82) is 0 Å². The van der Waals surface area contributed by atoms with Crippen molar-refractivity contribution in [3.63, 3.8) is 0 Å². The molecule has 15 heavy (non-hydrogen) atoms. The Kier molecular flexibility index (Phi) is 4.78. The van der Waals surface area contributed by atoms with E-state index in [1.165, 1.54) is 0 Å². The van der Waals surface area contributed by atoms with Crippen molar-refractivity contribution in [2.24, 2.45) is 5.92 Å². The highest BCUT2D eigenvalue weighted by atomic mass is 35.5. The minimum atomic E-state index is 0.0102. The van der Waals surface area contributed by atoms with Gasteiger partial charge in [-0.25, -0.2) is 9.97 Å². The predicted octanol–water partition coefficient (Wildman–Crippen LogP) is 1.95. The number of halogens is 1. The summed E-state index contributed by atoms with van der Waals surface area (Å²) in [5, 5.41) is 12.5. The number of aliphatic hydroxyl groups is 1. The van der Waals surface area contributed by atoms with Gasteiger partial charge in [0.2, 0.25) is 5.28 Å². The maximum atomic E-state index is 9.17. The van der Waals surface area contributed by atoms with Crippen molar-refractivity contribution < 1.29 is 5.11 Å². The number of nitrogens with zero attached hydrogens (tertiary/aromatic N) is 2. The third kappa shape index (κ3) is 4.44. The lowest BCUT2D eigenvalue weighted by Crippen LogP contribution is -2.26. The number of rotatable bonds is 5. The van der Waals surface area contributed by atoms with Crippen LogP contribution >= 0.6 is 11.6 Å². The Morgan fingerprint density at radius 1 is 1.53 bits per heavy atom. The zero-order chi connectivity index (χ0) is 11.3. The van der Waals surface area contributed by atoms with Gasteiger partial charge in [-0.3, -0.25) is 0 Å². The fraction of sp³-hybridized carbons (Fsp3) is 0.600. The molecule has 1 unspecified atom stereocenters. The van der Waals surface area contributed by atoms with Gasteiger partial charge in [-0.2, -0.15) is 0 Å². The molecule has 0 aliphatic rings. The second-order valence-corrected chi connectivity index (χ2v) is 4.20. The first-order valence-corrected chi connectivity index (χ1v) is 5.35. The van der Waals surface area contributed by atoms with Gasteiger partial charge in [-0.05, 0) is 30.0 Å². The van der Waals surface area contributed by atoms with Crippen LogP contribution in [0.3, 0.4) is 0 Å². The van der Waals surface area contributed by atoms with Crippen molar-refractivity contribution in [2.45, 2.75) is 26.3 Å². The van der Waals surface area contributed by atoms with Gasteiger partial charge < -0.3 is 10.4 Å². The van der Waals surface area contributed by atoms with Gasteiger partial charge in [-0.1, -0.05) is 13.8 Å². The standard InChI is InChI=1S/C10H16ClN3O/c1-7(2)5-8(6-15)13-9-3-4-12-10(11)14-9/h3-4,7-8,15H,5-6H2,1-2H3,(H,12,13,14). The lowest BCUT2D eigenvalue weighted by atomic mass is 10.0. The molecule has 0 saturated carbocycles. The average molecular weight is 230 g/mol. The van der Waals surface area contributed by atoms with Crippen molar-refractivity contribution in [2.75, 3.05) is 11.9 Å². The van der Waals surface area contributed by atoms with Crippen LogP contribution in [-0.2, 0) is 0 Å². The van der Waals surface area contributed by atoms with Crippen molar-refractivity contribution in [3.8, 4) is 0 Å². The molecular formula is C10H16ClN3O. The van der Waals surface area contributed by atoms with E-state index in [1.54, 1.807) is 12.3 Å². The van der Waals surface area contributed by atoms with Crippen molar-refractivity contribution >= 4 is 17.4 Å². The van der Waals surface area contributed by atoms with Crippen LogP contribution < -0.4 is 5.32 Å². The van der Waals surface area contributed by atoms with E-state index < -0.39 is 0 Å². The largest absolute Gasteiger partial charge is 0.394 e. The molecule has 0 saturated heterocycles. The molecule has 0 spiro atoms. The van der Waals surface area contributed by atoms with Crippen LogP contribution in [0, 0.1) is 5.92 Å². The number of hydrogen-bond acceptors (Lipinski definition) is 4. The molecule has 0 aliphatic carbocycles. The Labute approximate surface area is 94.7 Å². The smallest absolute Gasteiger partial charge is 0.224 e. The highest BCUT2D eigenvalue weighted by molar-refractivity contribution is 6.28. The Balaban J connectivity index is 2.58. The minimum Gasteiger partial charge on any atom is -0.394 e. The summed E-state index contributed by atoms with van der Waals surface area (Å²) in [6, 6.07) is 1.74. The minimum absolute atomic E-state index is 0.0102. The SMILES string of the molecule is CC(C)CC(CO)Nc1ccnc(Cl)n1. The third-order valence-corrected chi connectivity index (χ3v) is 2.14. The molecule has 0 fully saturated rings. The maximum absolute atomic E-state index is 9.17. The fourth-order valence-electron chi connectivity index (χ4n) is 1.37. The van der Waals surface area contributed by atoms with Crippen LogP contribution in [0.5, 0.6) is 0 Å². The fourth-order valence-corrected chi connectivity index (χ4v) is 1.52. The highest BCUT2D eigenvalue weighted by Gasteiger charge is 2.10. The van der Waals surface area contributed by atoms with Gasteiger partial charge in [-0.15, -0.1) is 0 Å². The lowest BCUT2D eigenvalue weighted by molar-refractivity contribution is 0.259. The number of hydrogen-bond donors (Lipinski definition) is 2. The van der Waals surface area contributed by atoms with E-state index in [0.29, 0.717) is 11.7 Å². The number of aromatic nitrogens is 2. The van der Waals surface area contributed by atoms with Gasteiger partial charge in [0.25, 0.3) is 0 Å². The van der Waals surface area contributed by atoms with E-state index in [1.807, 2.05) is 0 Å². The molecule has 0 aliphatic heterocycles. The molecule has 4 nitrogen and oxygen atoms in total. The monoisotopic (exact) mass is 229 g/mol. The van der Waals surface area contributed by atoms with Crippen LogP contribution in [0.4, 0.5) is 5.82 Å². The summed E-state index contributed by atoms with van der Waals surface area (Å²) in [5.74, 6) is 1.17. The Bertz CT molecular complexity index is 306. The topological polar surface area (TPSA) is 58.0 Å². The molecule has 1 aromatic heterocycles. The molecule has 1 atom stereocenters. The van der Waals surface area contributed by atoms with Crippen LogP contribution in [-0.4, -0.2) is 27.7 Å². The lowest BCUT2D eigenvalue weighted by Gasteiger charge is -2.18. The second-order valence-electron chi connectivity index (χ2n) is 3.86. The molecule has 1 rings (SSSR count). The second kappa shape index (κ2) is 5.88.